The summed E-state index contributed by atoms with van der Waals surface area (Å²) in [6.07, 6.45) is 5.96. The molecule has 1 aromatic heterocycles. The number of carbonyl (C=O) groups is 1. The van der Waals surface area contributed by atoms with E-state index in [1.807, 2.05) is 11.0 Å². The first-order valence-electron chi connectivity index (χ1n) is 16.4. The summed E-state index contributed by atoms with van der Waals surface area (Å²) in [6.45, 7) is 12.5. The molecule has 1 saturated carbocycles. The Hall–Kier alpha value is -2.50. The van der Waals surface area contributed by atoms with Crippen molar-refractivity contribution in [2.75, 3.05) is 39.3 Å². The first-order chi connectivity index (χ1) is 20.9. The number of piperidine rings is 3. The maximum absolute atomic E-state index is 14.5. The number of rotatable bonds is 7. The fourth-order valence-corrected chi connectivity index (χ4v) is 10.3. The molecule has 0 radical (unpaired) electrons. The van der Waals surface area contributed by atoms with Crippen LogP contribution < -0.4 is 0 Å². The molecular weight excluding hydrogens is 581 g/mol. The van der Waals surface area contributed by atoms with Crippen LogP contribution in [0.4, 0.5) is 4.39 Å². The van der Waals surface area contributed by atoms with Crippen molar-refractivity contribution in [3.63, 3.8) is 0 Å². The number of hydrogen-bond donors (Lipinski definition) is 1. The second-order valence-corrected chi connectivity index (χ2v) is 16.4. The smallest absolute Gasteiger partial charge is 0.257 e. The topological polar surface area (TPSA) is 99.0 Å². The average molecular weight is 630 g/mol. The molecule has 11 heteroatoms. The molecule has 3 aliphatic heterocycles. The van der Waals surface area contributed by atoms with E-state index >= 15 is 0 Å². The van der Waals surface area contributed by atoms with Crippen LogP contribution in [0.2, 0.25) is 0 Å². The molecule has 3 saturated heterocycles. The zero-order chi connectivity index (χ0) is 31.4. The van der Waals surface area contributed by atoms with Gasteiger partial charge < -0.3 is 10.1 Å². The normalized spacial score (nSPS) is 26.5. The van der Waals surface area contributed by atoms with Gasteiger partial charge in [0.05, 0.1) is 22.2 Å². The van der Waals surface area contributed by atoms with E-state index in [9.17, 15) is 22.8 Å². The molecule has 9 nitrogen and oxygen atoms in total. The Morgan fingerprint density at radius 3 is 2.30 bits per heavy atom. The molecule has 4 heterocycles. The molecule has 3 unspecified atom stereocenters. The van der Waals surface area contributed by atoms with Gasteiger partial charge in [-0.05, 0) is 114 Å². The number of aromatic nitrogens is 2. The van der Waals surface area contributed by atoms with Crippen molar-refractivity contribution in [2.24, 2.45) is 17.8 Å². The highest BCUT2D eigenvalue weighted by Gasteiger charge is 2.46. The molecule has 1 aliphatic carbocycles. The molecule has 4 aliphatic rings. The Labute approximate surface area is 261 Å². The van der Waals surface area contributed by atoms with E-state index in [0.29, 0.717) is 60.9 Å². The third kappa shape index (κ3) is 5.91. The highest BCUT2D eigenvalue weighted by atomic mass is 32.2. The highest BCUT2D eigenvalue weighted by molar-refractivity contribution is 7.90. The molecule has 1 amide bonds. The van der Waals surface area contributed by atoms with Crippen LogP contribution in [0.25, 0.3) is 0 Å². The van der Waals surface area contributed by atoms with E-state index in [-0.39, 0.29) is 28.4 Å². The number of carbonyl (C=O) groups excluding carboxylic acids is 1. The summed E-state index contributed by atoms with van der Waals surface area (Å²) in [5.74, 6) is 1.01. The first-order valence-corrected chi connectivity index (χ1v) is 17.9. The predicted octanol–water partition coefficient (Wildman–Crippen LogP) is 4.82. The molecule has 4 fully saturated rings. The predicted molar refractivity (Wildman–Crippen MR) is 167 cm³/mol. The molecule has 6 rings (SSSR count). The fourth-order valence-electron chi connectivity index (χ4n) is 8.44. The van der Waals surface area contributed by atoms with Crippen LogP contribution >= 0.6 is 0 Å². The van der Waals surface area contributed by atoms with Gasteiger partial charge in [-0.2, -0.15) is 0 Å². The van der Waals surface area contributed by atoms with Crippen molar-refractivity contribution in [1.29, 1.82) is 0 Å². The summed E-state index contributed by atoms with van der Waals surface area (Å²) < 4.78 is 42.1. The van der Waals surface area contributed by atoms with Crippen molar-refractivity contribution in [1.82, 2.24) is 24.0 Å². The van der Waals surface area contributed by atoms with Crippen LogP contribution in [0.1, 0.15) is 92.0 Å². The fraction of sp³-hybridized carbons (Fsp3) is 0.697. The molecular formula is C33H48FN5O4S. The summed E-state index contributed by atoms with van der Waals surface area (Å²) in [5, 5.41) is 13.8. The quantitative estimate of drug-likeness (QED) is 0.442. The van der Waals surface area contributed by atoms with E-state index in [0.717, 1.165) is 68.4 Å². The number of nitrogens with zero attached hydrogens (tertiary/aromatic N) is 5. The van der Waals surface area contributed by atoms with Gasteiger partial charge >= 0.3 is 0 Å². The molecule has 242 valence electrons. The van der Waals surface area contributed by atoms with Crippen molar-refractivity contribution >= 4 is 15.9 Å². The van der Waals surface area contributed by atoms with Crippen molar-refractivity contribution in [2.45, 2.75) is 89.3 Å². The maximum Gasteiger partial charge on any atom is 0.257 e. The number of halogens is 1. The van der Waals surface area contributed by atoms with Crippen molar-refractivity contribution in [3.05, 3.63) is 52.6 Å². The lowest BCUT2D eigenvalue weighted by Crippen LogP contribution is -2.58. The van der Waals surface area contributed by atoms with Crippen LogP contribution in [-0.2, 0) is 10.0 Å². The highest BCUT2D eigenvalue weighted by Crippen LogP contribution is 2.47. The summed E-state index contributed by atoms with van der Waals surface area (Å²) in [5.41, 5.74) is 2.54. The van der Waals surface area contributed by atoms with Crippen molar-refractivity contribution < 1.29 is 22.8 Å². The third-order valence-corrected chi connectivity index (χ3v) is 13.8. The SMILES string of the molecule is Cc1nn(O)c(C)c1C(=O)N1CCC(C)(N2CCC(C(c3cccc(F)c3)C3CCN(S(=O)(=O)C4CC4)CC3)C(C)C2)CC1. The Bertz CT molecular complexity index is 1470. The lowest BCUT2D eigenvalue weighted by atomic mass is 9.66. The summed E-state index contributed by atoms with van der Waals surface area (Å²) in [6, 6.07) is 7.09. The maximum atomic E-state index is 14.5. The van der Waals surface area contributed by atoms with E-state index in [4.69, 9.17) is 0 Å². The number of aryl methyl sites for hydroxylation is 1. The molecule has 1 N–H and O–H groups in total. The van der Waals surface area contributed by atoms with Gasteiger partial charge in [0.2, 0.25) is 10.0 Å². The summed E-state index contributed by atoms with van der Waals surface area (Å²) in [4.78, 5) is 18.6. The minimum Gasteiger partial charge on any atom is -0.411 e. The van der Waals surface area contributed by atoms with Gasteiger partial charge in [-0.15, -0.1) is 9.94 Å². The molecule has 44 heavy (non-hydrogen) atoms. The van der Waals surface area contributed by atoms with Gasteiger partial charge in [0.15, 0.2) is 0 Å². The van der Waals surface area contributed by atoms with Gasteiger partial charge in [0, 0.05) is 38.3 Å². The van der Waals surface area contributed by atoms with Gasteiger partial charge in [-0.25, -0.2) is 17.1 Å². The van der Waals surface area contributed by atoms with Crippen LogP contribution in [0.5, 0.6) is 0 Å². The van der Waals surface area contributed by atoms with Crippen molar-refractivity contribution in [3.8, 4) is 0 Å². The number of benzene rings is 1. The van der Waals surface area contributed by atoms with Gasteiger partial charge in [0.1, 0.15) is 5.82 Å². The Morgan fingerprint density at radius 2 is 1.73 bits per heavy atom. The van der Waals surface area contributed by atoms with Gasteiger partial charge in [-0.1, -0.05) is 19.1 Å². The zero-order valence-corrected chi connectivity index (χ0v) is 27.4. The minimum atomic E-state index is -3.17. The lowest BCUT2D eigenvalue weighted by Gasteiger charge is -2.52. The zero-order valence-electron chi connectivity index (χ0n) is 26.6. The first kappa shape index (κ1) is 31.5. The van der Waals surface area contributed by atoms with Crippen LogP contribution in [-0.4, -0.2) is 93.6 Å². The molecule has 1 aromatic carbocycles. The number of sulfonamides is 1. The second kappa shape index (κ2) is 12.0. The lowest BCUT2D eigenvalue weighted by molar-refractivity contribution is -0.0149. The molecule has 2 aromatic rings. The van der Waals surface area contributed by atoms with E-state index in [2.05, 4.69) is 29.9 Å². The average Bonchev–Trinajstić information content (AvgIpc) is 3.82. The van der Waals surface area contributed by atoms with Crippen LogP contribution in [0, 0.1) is 37.4 Å². The summed E-state index contributed by atoms with van der Waals surface area (Å²) >= 11 is 0. The third-order valence-electron chi connectivity index (χ3n) is 11.4. The minimum absolute atomic E-state index is 0.0158. The largest absolute Gasteiger partial charge is 0.411 e. The van der Waals surface area contributed by atoms with E-state index in [1.54, 1.807) is 24.2 Å². The standard InChI is InChI=1S/C33H48FN5O4S/c1-22-21-37(33(4)13-18-36(19-14-33)32(40)30-23(2)35-39(41)24(30)3)15-12-29(22)31(26-6-5-7-27(34)20-26)25-10-16-38(17-11-25)44(42,43)28-8-9-28/h5-7,20,22,25,28-29,31,41H,8-19,21H2,1-4H3. The molecule has 0 spiro atoms. The van der Waals surface area contributed by atoms with Gasteiger partial charge in [-0.3, -0.25) is 9.69 Å². The number of likely N-dealkylation sites (tertiary alicyclic amines) is 2. The monoisotopic (exact) mass is 629 g/mol. The number of amides is 1. The molecule has 0 bridgehead atoms. The summed E-state index contributed by atoms with van der Waals surface area (Å²) in [7, 11) is -3.17. The van der Waals surface area contributed by atoms with Crippen LogP contribution in [0.15, 0.2) is 24.3 Å². The Kier molecular flexibility index (Phi) is 8.60. The molecule has 3 atom stereocenters. The number of hydrogen-bond acceptors (Lipinski definition) is 6. The van der Waals surface area contributed by atoms with E-state index < -0.39 is 10.0 Å². The van der Waals surface area contributed by atoms with Gasteiger partial charge in [0.25, 0.3) is 5.91 Å². The van der Waals surface area contributed by atoms with E-state index in [1.165, 1.54) is 6.07 Å². The Morgan fingerprint density at radius 1 is 1.05 bits per heavy atom. The Balaban J connectivity index is 1.12. The second-order valence-electron chi connectivity index (χ2n) is 14.2. The van der Waals surface area contributed by atoms with Crippen LogP contribution in [0.3, 0.4) is 0 Å².